The van der Waals surface area contributed by atoms with Crippen molar-refractivity contribution in [2.75, 3.05) is 13.2 Å². The molecule has 2 N–H and O–H groups in total. The topological polar surface area (TPSA) is 88.9 Å². The van der Waals surface area contributed by atoms with Gasteiger partial charge in [0.2, 0.25) is 0 Å². The second-order valence-electron chi connectivity index (χ2n) is 10.7. The number of benzene rings is 4. The number of hydrogen-bond acceptors (Lipinski definition) is 5. The molecule has 1 heterocycles. The summed E-state index contributed by atoms with van der Waals surface area (Å²) >= 11 is 0. The maximum Gasteiger partial charge on any atom is 0.337 e. The number of carboxylic acids is 1. The first-order valence-corrected chi connectivity index (χ1v) is 14.6. The largest absolute Gasteiger partial charge is 0.493 e. The number of pyridine rings is 1. The standard InChI is InChI=1S/C37H33F2NO5/c1-23-33(27-7-15-31(16-8-27)44-21-19-25-3-11-29(38)12-4-25)35(34(24(2)40-23)36(41)37(42)43)28-9-17-32(18-10-28)45-22-20-26-5-13-30(39)14-6-26/h3-18,36,41H,19-22H2,1-2H3,(H,42,43). The molecular weight excluding hydrogens is 576 g/mol. The molecule has 230 valence electrons. The number of aromatic nitrogens is 1. The summed E-state index contributed by atoms with van der Waals surface area (Å²) in [4.78, 5) is 16.6. The van der Waals surface area contributed by atoms with Gasteiger partial charge in [0.25, 0.3) is 0 Å². The van der Waals surface area contributed by atoms with Crippen molar-refractivity contribution in [2.24, 2.45) is 0 Å². The number of halogens is 2. The third kappa shape index (κ3) is 7.72. The van der Waals surface area contributed by atoms with Gasteiger partial charge in [-0.25, -0.2) is 13.6 Å². The zero-order chi connectivity index (χ0) is 31.9. The van der Waals surface area contributed by atoms with Crippen LogP contribution in [0.25, 0.3) is 22.3 Å². The van der Waals surface area contributed by atoms with E-state index < -0.39 is 12.1 Å². The van der Waals surface area contributed by atoms with Crippen LogP contribution in [0.3, 0.4) is 0 Å². The molecule has 0 saturated carbocycles. The molecule has 8 heteroatoms. The number of aryl methyl sites for hydroxylation is 2. The molecular formula is C37H33F2NO5. The third-order valence-electron chi connectivity index (χ3n) is 7.55. The van der Waals surface area contributed by atoms with Crippen LogP contribution in [0.1, 0.15) is 34.2 Å². The zero-order valence-corrected chi connectivity index (χ0v) is 25.0. The van der Waals surface area contributed by atoms with Gasteiger partial charge < -0.3 is 19.7 Å². The summed E-state index contributed by atoms with van der Waals surface area (Å²) in [6, 6.07) is 27.2. The quantitative estimate of drug-likeness (QED) is 0.151. The van der Waals surface area contributed by atoms with Gasteiger partial charge in [-0.05, 0) is 90.2 Å². The molecule has 1 atom stereocenters. The van der Waals surface area contributed by atoms with Crippen LogP contribution in [0.15, 0.2) is 97.1 Å². The highest BCUT2D eigenvalue weighted by atomic mass is 19.1. The van der Waals surface area contributed by atoms with E-state index in [9.17, 15) is 23.8 Å². The van der Waals surface area contributed by atoms with Crippen LogP contribution in [0.5, 0.6) is 11.5 Å². The van der Waals surface area contributed by atoms with Gasteiger partial charge in [0.05, 0.1) is 13.2 Å². The van der Waals surface area contributed by atoms with E-state index in [0.717, 1.165) is 16.7 Å². The van der Waals surface area contributed by atoms with Crippen LogP contribution in [0, 0.1) is 25.5 Å². The molecule has 0 aliphatic heterocycles. The van der Waals surface area contributed by atoms with E-state index in [1.807, 2.05) is 43.3 Å². The fraction of sp³-hybridized carbons (Fsp3) is 0.189. The number of carboxylic acid groups (broad SMARTS) is 1. The second kappa shape index (κ2) is 14.1. The molecule has 0 bridgehead atoms. The maximum atomic E-state index is 13.2. The predicted molar refractivity (Wildman–Crippen MR) is 168 cm³/mol. The molecule has 0 amide bonds. The third-order valence-corrected chi connectivity index (χ3v) is 7.55. The number of aliphatic carboxylic acids is 1. The van der Waals surface area contributed by atoms with E-state index in [2.05, 4.69) is 4.98 Å². The fourth-order valence-corrected chi connectivity index (χ4v) is 5.29. The van der Waals surface area contributed by atoms with E-state index >= 15 is 0 Å². The molecule has 6 nitrogen and oxygen atoms in total. The van der Waals surface area contributed by atoms with Gasteiger partial charge in [0, 0.05) is 35.4 Å². The molecule has 45 heavy (non-hydrogen) atoms. The van der Waals surface area contributed by atoms with Crippen molar-refractivity contribution in [3.63, 3.8) is 0 Å². The molecule has 1 unspecified atom stereocenters. The van der Waals surface area contributed by atoms with Gasteiger partial charge in [0.15, 0.2) is 6.10 Å². The Morgan fingerprint density at radius 3 is 1.51 bits per heavy atom. The lowest BCUT2D eigenvalue weighted by Gasteiger charge is -2.22. The number of ether oxygens (including phenoxy) is 2. The van der Waals surface area contributed by atoms with E-state index in [4.69, 9.17) is 9.47 Å². The van der Waals surface area contributed by atoms with Crippen LogP contribution in [0.2, 0.25) is 0 Å². The molecule has 0 radical (unpaired) electrons. The van der Waals surface area contributed by atoms with Crippen molar-refractivity contribution in [3.8, 4) is 33.8 Å². The molecule has 4 aromatic carbocycles. The highest BCUT2D eigenvalue weighted by Gasteiger charge is 2.27. The average molecular weight is 610 g/mol. The monoisotopic (exact) mass is 609 g/mol. The van der Waals surface area contributed by atoms with E-state index in [1.54, 1.807) is 43.3 Å². The Morgan fingerprint density at radius 1 is 0.667 bits per heavy atom. The summed E-state index contributed by atoms with van der Waals surface area (Å²) in [5.74, 6) is -0.675. The number of rotatable bonds is 12. The van der Waals surface area contributed by atoms with Crippen molar-refractivity contribution >= 4 is 5.97 Å². The lowest BCUT2D eigenvalue weighted by atomic mass is 9.87. The Hall–Kier alpha value is -5.08. The van der Waals surface area contributed by atoms with Crippen molar-refractivity contribution in [2.45, 2.75) is 32.8 Å². The SMILES string of the molecule is Cc1nc(C)c(C(O)C(=O)O)c(-c2ccc(OCCc3ccc(F)cc3)cc2)c1-c1ccc(OCCc2ccc(F)cc2)cc1. The smallest absolute Gasteiger partial charge is 0.337 e. The summed E-state index contributed by atoms with van der Waals surface area (Å²) in [5.41, 5.74) is 5.96. The van der Waals surface area contributed by atoms with Gasteiger partial charge >= 0.3 is 5.97 Å². The number of aliphatic hydroxyl groups excluding tert-OH is 1. The van der Waals surface area contributed by atoms with E-state index in [-0.39, 0.29) is 17.2 Å². The van der Waals surface area contributed by atoms with Gasteiger partial charge in [-0.15, -0.1) is 0 Å². The Balaban J connectivity index is 1.40. The summed E-state index contributed by atoms with van der Waals surface area (Å²) < 4.78 is 38.2. The Kier molecular flexibility index (Phi) is 9.85. The number of hydrogen-bond donors (Lipinski definition) is 2. The first-order chi connectivity index (χ1) is 21.7. The summed E-state index contributed by atoms with van der Waals surface area (Å²) in [7, 11) is 0. The molecule has 0 fully saturated rings. The molecule has 0 saturated heterocycles. The summed E-state index contributed by atoms with van der Waals surface area (Å²) in [5, 5.41) is 20.6. The summed E-state index contributed by atoms with van der Waals surface area (Å²) in [6.45, 7) is 4.34. The molecule has 0 aliphatic rings. The van der Waals surface area contributed by atoms with Gasteiger partial charge in [-0.2, -0.15) is 0 Å². The van der Waals surface area contributed by atoms with Crippen molar-refractivity contribution < 1.29 is 33.3 Å². The van der Waals surface area contributed by atoms with Gasteiger partial charge in [0.1, 0.15) is 23.1 Å². The highest BCUT2D eigenvalue weighted by Crippen LogP contribution is 2.41. The van der Waals surface area contributed by atoms with Gasteiger partial charge in [-0.3, -0.25) is 4.98 Å². The minimum absolute atomic E-state index is 0.215. The van der Waals surface area contributed by atoms with Crippen LogP contribution < -0.4 is 9.47 Å². The molecule has 1 aromatic heterocycles. The fourth-order valence-electron chi connectivity index (χ4n) is 5.29. The number of aliphatic hydroxyl groups is 1. The molecule has 5 aromatic rings. The molecule has 0 aliphatic carbocycles. The first-order valence-electron chi connectivity index (χ1n) is 14.6. The maximum absolute atomic E-state index is 13.2. The Labute approximate surface area is 260 Å². The number of nitrogens with zero attached hydrogens (tertiary/aromatic N) is 1. The first kappa shape index (κ1) is 31.3. The minimum Gasteiger partial charge on any atom is -0.493 e. The van der Waals surface area contributed by atoms with Crippen LogP contribution in [-0.2, 0) is 17.6 Å². The zero-order valence-electron chi connectivity index (χ0n) is 25.0. The van der Waals surface area contributed by atoms with Crippen LogP contribution >= 0.6 is 0 Å². The summed E-state index contributed by atoms with van der Waals surface area (Å²) in [6.07, 6.45) is -0.557. The Morgan fingerprint density at radius 2 is 1.09 bits per heavy atom. The van der Waals surface area contributed by atoms with Crippen molar-refractivity contribution in [1.82, 2.24) is 4.98 Å². The van der Waals surface area contributed by atoms with Crippen molar-refractivity contribution in [3.05, 3.63) is 137 Å². The van der Waals surface area contributed by atoms with Crippen molar-refractivity contribution in [1.29, 1.82) is 0 Å². The molecule has 0 spiro atoms. The van der Waals surface area contributed by atoms with E-state index in [1.165, 1.54) is 24.3 Å². The number of carbonyl (C=O) groups is 1. The minimum atomic E-state index is -1.78. The van der Waals surface area contributed by atoms with Crippen LogP contribution in [0.4, 0.5) is 8.78 Å². The highest BCUT2D eigenvalue weighted by molar-refractivity contribution is 5.91. The van der Waals surface area contributed by atoms with Gasteiger partial charge in [-0.1, -0.05) is 48.5 Å². The van der Waals surface area contributed by atoms with Crippen LogP contribution in [-0.4, -0.2) is 34.4 Å². The second-order valence-corrected chi connectivity index (χ2v) is 10.7. The van der Waals surface area contributed by atoms with E-state index in [0.29, 0.717) is 65.6 Å². The lowest BCUT2D eigenvalue weighted by molar-refractivity contribution is -0.147. The molecule has 5 rings (SSSR count). The lowest BCUT2D eigenvalue weighted by Crippen LogP contribution is -2.15. The Bertz CT molecular complexity index is 1750. The normalized spacial score (nSPS) is 11.7. The average Bonchev–Trinajstić information content (AvgIpc) is 3.03. The predicted octanol–water partition coefficient (Wildman–Crippen LogP) is 7.67.